The van der Waals surface area contributed by atoms with Crippen LogP contribution in [0.15, 0.2) is 54.6 Å². The first-order valence-electron chi connectivity index (χ1n) is 8.21. The smallest absolute Gasteiger partial charge is 0.171 e. The molecule has 2 nitrogen and oxygen atoms in total. The van der Waals surface area contributed by atoms with Crippen LogP contribution in [0.3, 0.4) is 0 Å². The molecule has 146 valence electrons. The van der Waals surface area contributed by atoms with E-state index in [4.69, 9.17) is 7.73 Å². The summed E-state index contributed by atoms with van der Waals surface area (Å²) in [6.45, 7) is 6.05. The average Bonchev–Trinajstić information content (AvgIpc) is 2.74. The summed E-state index contributed by atoms with van der Waals surface area (Å²) in [6.07, 6.45) is 9.45. The van der Waals surface area contributed by atoms with Crippen LogP contribution in [-0.4, -0.2) is 0 Å². The maximum absolute atomic E-state index is 7.94. The Morgan fingerprint density at radius 3 is 1.32 bits per heavy atom. The van der Waals surface area contributed by atoms with Crippen molar-refractivity contribution in [3.63, 3.8) is 0 Å². The van der Waals surface area contributed by atoms with E-state index in [-0.39, 0.29) is 0 Å². The molecule has 0 aliphatic carbocycles. The van der Waals surface area contributed by atoms with Crippen molar-refractivity contribution < 1.29 is 39.1 Å². The zero-order chi connectivity index (χ0) is 19.4. The van der Waals surface area contributed by atoms with E-state index in [1.54, 1.807) is 0 Å². The van der Waals surface area contributed by atoms with E-state index >= 15 is 0 Å². The molecule has 0 fully saturated rings. The fourth-order valence-electron chi connectivity index (χ4n) is 1.60. The SMILES string of the molecule is [CH2-]CCCCCCCC.[O]=[Co].[O]=[Co].[c-]1cc[c-]cc1.[c-]1ccccc1. The summed E-state index contributed by atoms with van der Waals surface area (Å²) in [5.41, 5.74) is 0. The second kappa shape index (κ2) is 34.4. The Hall–Kier alpha value is -0.947. The molecule has 0 N–H and O–H groups in total. The Labute approximate surface area is 170 Å². The van der Waals surface area contributed by atoms with E-state index in [1.807, 2.05) is 54.6 Å². The van der Waals surface area contributed by atoms with Crippen molar-refractivity contribution in [2.45, 2.75) is 51.9 Å². The van der Waals surface area contributed by atoms with Gasteiger partial charge in [0.1, 0.15) is 0 Å². The van der Waals surface area contributed by atoms with Gasteiger partial charge < -0.3 is 19.1 Å². The fraction of sp³-hybridized carbons (Fsp3) is 0.381. The third kappa shape index (κ3) is 35.1. The Morgan fingerprint density at radius 2 is 1.04 bits per heavy atom. The van der Waals surface area contributed by atoms with Crippen molar-refractivity contribution in [3.05, 3.63) is 79.7 Å². The number of hydrogen-bond donors (Lipinski definition) is 0. The van der Waals surface area contributed by atoms with E-state index in [2.05, 4.69) is 63.4 Å². The first-order chi connectivity index (χ1) is 12.4. The molecule has 2 rings (SSSR count). The quantitative estimate of drug-likeness (QED) is 0.410. The van der Waals surface area contributed by atoms with Gasteiger partial charge in [0.2, 0.25) is 0 Å². The molecule has 0 bridgehead atoms. The fourth-order valence-corrected chi connectivity index (χ4v) is 1.60. The van der Waals surface area contributed by atoms with E-state index < -0.39 is 0 Å². The normalized spacial score (nSPS) is 7.84. The van der Waals surface area contributed by atoms with Gasteiger partial charge in [-0.05, 0) is 0 Å². The van der Waals surface area contributed by atoms with Gasteiger partial charge in [0.05, 0.1) is 0 Å². The maximum atomic E-state index is 7.94. The number of rotatable bonds is 6. The molecule has 2 aromatic carbocycles. The van der Waals surface area contributed by atoms with Crippen LogP contribution in [0, 0.1) is 25.1 Å². The molecule has 0 aliphatic rings. The molecule has 2 aromatic rings. The maximum Gasteiger partial charge on any atom is -0.171 e. The summed E-state index contributed by atoms with van der Waals surface area (Å²) >= 11 is 4.62. The zero-order valence-electron chi connectivity index (χ0n) is 14.8. The van der Waals surface area contributed by atoms with Crippen molar-refractivity contribution in [1.82, 2.24) is 0 Å². The molecule has 0 saturated carbocycles. The second-order valence-electron chi connectivity index (χ2n) is 4.70. The van der Waals surface area contributed by atoms with Gasteiger partial charge in [-0.25, -0.2) is 0 Å². The minimum absolute atomic E-state index is 1.12. The van der Waals surface area contributed by atoms with Crippen LogP contribution in [-0.2, 0) is 39.1 Å². The van der Waals surface area contributed by atoms with Gasteiger partial charge in [-0.2, -0.15) is 42.8 Å². The summed E-state index contributed by atoms with van der Waals surface area (Å²) in [5.74, 6) is 0. The molecular formula is C21H28Co2O2-4. The Balaban J connectivity index is -0.000000268. The molecule has 0 radical (unpaired) electrons. The summed E-state index contributed by atoms with van der Waals surface area (Å²) in [5, 5.41) is 0. The van der Waals surface area contributed by atoms with Crippen LogP contribution in [0.25, 0.3) is 0 Å². The molecule has 0 aliphatic heterocycles. The van der Waals surface area contributed by atoms with E-state index in [9.17, 15) is 0 Å². The topological polar surface area (TPSA) is 34.1 Å². The summed E-state index contributed by atoms with van der Waals surface area (Å²) in [4.78, 5) is 0. The molecule has 4 heteroatoms. The van der Waals surface area contributed by atoms with Gasteiger partial charge in [-0.1, -0.05) is 45.4 Å². The zero-order valence-corrected chi connectivity index (χ0v) is 16.9. The third-order valence-electron chi connectivity index (χ3n) is 2.76. The van der Waals surface area contributed by atoms with E-state index in [0.29, 0.717) is 0 Å². The van der Waals surface area contributed by atoms with Gasteiger partial charge in [0, 0.05) is 0 Å². The van der Waals surface area contributed by atoms with Crippen LogP contribution in [0.4, 0.5) is 0 Å². The molecule has 0 heterocycles. The van der Waals surface area contributed by atoms with Gasteiger partial charge in [0.25, 0.3) is 0 Å². The average molecular weight is 430 g/mol. The van der Waals surface area contributed by atoms with Crippen LogP contribution in [0.1, 0.15) is 51.9 Å². The Bertz CT molecular complexity index is 306. The summed E-state index contributed by atoms with van der Waals surface area (Å²) in [6, 6.07) is 25.5. The van der Waals surface area contributed by atoms with Crippen molar-refractivity contribution in [3.8, 4) is 0 Å². The van der Waals surface area contributed by atoms with Crippen LogP contribution >= 0.6 is 0 Å². The van der Waals surface area contributed by atoms with Crippen LogP contribution in [0.5, 0.6) is 0 Å². The van der Waals surface area contributed by atoms with E-state index in [0.717, 1.165) is 6.42 Å². The monoisotopic (exact) mass is 430 g/mol. The standard InChI is InChI=1S/C9H19.C6H5.C6H4.2Co.2O/c1-3-5-7-9-8-6-4-2;2*1-2-4-6-5-3-1;;;;/h1,3-9H2,2H3;1-5H;1-2,5-6H;;;;/q2*-1;-2;;;;. The predicted octanol–water partition coefficient (Wildman–Crippen LogP) is 6.10. The van der Waals surface area contributed by atoms with Gasteiger partial charge in [0.15, 0.2) is 0 Å². The molecule has 0 unspecified atom stereocenters. The van der Waals surface area contributed by atoms with Crippen LogP contribution < -0.4 is 0 Å². The predicted molar refractivity (Wildman–Crippen MR) is 94.1 cm³/mol. The minimum atomic E-state index is 1.12. The Morgan fingerprint density at radius 1 is 0.640 bits per heavy atom. The largest absolute Gasteiger partial charge is 0.319 e. The first kappa shape index (κ1) is 28.8. The van der Waals surface area contributed by atoms with Crippen molar-refractivity contribution >= 4 is 0 Å². The minimum Gasteiger partial charge on any atom is -0.319 e. The van der Waals surface area contributed by atoms with Gasteiger partial charge in [-0.15, -0.1) is 0 Å². The number of benzene rings is 2. The summed E-state index contributed by atoms with van der Waals surface area (Å²) < 4.78 is 15.9. The first-order valence-corrected chi connectivity index (χ1v) is 9.06. The third-order valence-corrected chi connectivity index (χ3v) is 2.76. The van der Waals surface area contributed by atoms with Crippen LogP contribution in [0.2, 0.25) is 0 Å². The molecule has 0 saturated heterocycles. The molecule has 0 aromatic heterocycles. The molecule has 0 amide bonds. The number of hydrogen-bond acceptors (Lipinski definition) is 2. The number of unbranched alkanes of at least 4 members (excludes halogenated alkanes) is 6. The van der Waals surface area contributed by atoms with Gasteiger partial charge in [-0.3, -0.25) is 24.3 Å². The molecule has 25 heavy (non-hydrogen) atoms. The molecular weight excluding hydrogens is 402 g/mol. The Kier molecular flexibility index (Phi) is 39.7. The van der Waals surface area contributed by atoms with Crippen molar-refractivity contribution in [2.24, 2.45) is 0 Å². The van der Waals surface area contributed by atoms with E-state index in [1.165, 1.54) is 38.5 Å². The molecule has 0 spiro atoms. The van der Waals surface area contributed by atoms with Crippen molar-refractivity contribution in [2.75, 3.05) is 0 Å². The summed E-state index contributed by atoms with van der Waals surface area (Å²) in [7, 11) is 0. The van der Waals surface area contributed by atoms with Gasteiger partial charge >= 0.3 is 39.1 Å². The molecule has 0 atom stereocenters. The van der Waals surface area contributed by atoms with Crippen molar-refractivity contribution in [1.29, 1.82) is 0 Å². The second-order valence-corrected chi connectivity index (χ2v) is 4.70.